The van der Waals surface area contributed by atoms with E-state index in [-0.39, 0.29) is 11.8 Å². The minimum Gasteiger partial charge on any atom is -0.465 e. The predicted octanol–water partition coefficient (Wildman–Crippen LogP) is 2.83. The second-order valence-electron chi connectivity index (χ2n) is 7.85. The number of fused-ring (bicyclic) bond motifs is 2. The first-order chi connectivity index (χ1) is 14.4. The minimum atomic E-state index is -0.527. The van der Waals surface area contributed by atoms with E-state index in [0.717, 1.165) is 46.6 Å². The molecule has 3 N–H and O–H groups in total. The third-order valence-electron chi connectivity index (χ3n) is 5.63. The van der Waals surface area contributed by atoms with Gasteiger partial charge in [-0.15, -0.1) is 0 Å². The van der Waals surface area contributed by atoms with Crippen LogP contribution < -0.4 is 11.1 Å². The summed E-state index contributed by atoms with van der Waals surface area (Å²) in [5.74, 6) is 2.10. The Morgan fingerprint density at radius 2 is 2.27 bits per heavy atom. The summed E-state index contributed by atoms with van der Waals surface area (Å²) < 4.78 is 5.87. The van der Waals surface area contributed by atoms with Crippen molar-refractivity contribution in [1.29, 1.82) is 0 Å². The summed E-state index contributed by atoms with van der Waals surface area (Å²) in [5.41, 5.74) is 9.72. The number of anilines is 1. The van der Waals surface area contributed by atoms with Gasteiger partial charge in [0.2, 0.25) is 11.8 Å². The highest BCUT2D eigenvalue weighted by Crippen LogP contribution is 2.29. The van der Waals surface area contributed by atoms with Crippen LogP contribution in [0.15, 0.2) is 28.8 Å². The SMILES string of the molecule is Cc1oc2c(c1CN(C)C(=O)/C=C/c1cnc3c(c1)CC[C@@H](N)C(=O)N3)C=CCC2. The highest BCUT2D eigenvalue weighted by Gasteiger charge is 2.21. The largest absolute Gasteiger partial charge is 0.465 e. The van der Waals surface area contributed by atoms with Gasteiger partial charge < -0.3 is 20.4 Å². The number of nitrogens with two attached hydrogens (primary N) is 1. The van der Waals surface area contributed by atoms with Gasteiger partial charge in [-0.25, -0.2) is 4.98 Å². The molecule has 0 saturated heterocycles. The van der Waals surface area contributed by atoms with Gasteiger partial charge in [0.25, 0.3) is 0 Å². The number of nitrogens with one attached hydrogen (secondary N) is 1. The third-order valence-corrected chi connectivity index (χ3v) is 5.63. The highest BCUT2D eigenvalue weighted by molar-refractivity contribution is 5.95. The molecule has 7 heteroatoms. The van der Waals surface area contributed by atoms with E-state index in [1.54, 1.807) is 30.3 Å². The number of hydrogen-bond donors (Lipinski definition) is 2. The first-order valence-electron chi connectivity index (χ1n) is 10.2. The van der Waals surface area contributed by atoms with Gasteiger partial charge in [0, 0.05) is 43.4 Å². The maximum absolute atomic E-state index is 12.6. The van der Waals surface area contributed by atoms with E-state index in [9.17, 15) is 9.59 Å². The average molecular weight is 406 g/mol. The minimum absolute atomic E-state index is 0.102. The van der Waals surface area contributed by atoms with Crippen LogP contribution in [0, 0.1) is 6.92 Å². The van der Waals surface area contributed by atoms with Crippen LogP contribution in [0.25, 0.3) is 12.2 Å². The van der Waals surface area contributed by atoms with Crippen LogP contribution in [0.4, 0.5) is 5.82 Å². The van der Waals surface area contributed by atoms with E-state index in [1.165, 1.54) is 0 Å². The zero-order valence-electron chi connectivity index (χ0n) is 17.3. The van der Waals surface area contributed by atoms with E-state index >= 15 is 0 Å². The Labute approximate surface area is 175 Å². The van der Waals surface area contributed by atoms with Crippen LogP contribution in [-0.4, -0.2) is 34.8 Å². The van der Waals surface area contributed by atoms with E-state index in [0.29, 0.717) is 25.2 Å². The maximum atomic E-state index is 12.6. The van der Waals surface area contributed by atoms with Crippen molar-refractivity contribution in [3.8, 4) is 0 Å². The summed E-state index contributed by atoms with van der Waals surface area (Å²) in [4.78, 5) is 30.5. The predicted molar refractivity (Wildman–Crippen MR) is 115 cm³/mol. The molecule has 7 nitrogen and oxygen atoms in total. The van der Waals surface area contributed by atoms with Gasteiger partial charge in [-0.2, -0.15) is 0 Å². The van der Waals surface area contributed by atoms with E-state index in [1.807, 2.05) is 13.0 Å². The van der Waals surface area contributed by atoms with Crippen molar-refractivity contribution in [2.24, 2.45) is 5.73 Å². The van der Waals surface area contributed by atoms with Crippen molar-refractivity contribution >= 4 is 29.8 Å². The first-order valence-corrected chi connectivity index (χ1v) is 10.2. The monoisotopic (exact) mass is 406 g/mol. The van der Waals surface area contributed by atoms with Crippen molar-refractivity contribution in [3.05, 3.63) is 58.2 Å². The lowest BCUT2D eigenvalue weighted by Gasteiger charge is -2.16. The summed E-state index contributed by atoms with van der Waals surface area (Å²) >= 11 is 0. The molecule has 0 saturated carbocycles. The molecule has 4 rings (SSSR count). The molecule has 156 valence electrons. The van der Waals surface area contributed by atoms with Gasteiger partial charge in [-0.1, -0.05) is 12.2 Å². The molecule has 0 unspecified atom stereocenters. The molecule has 1 aliphatic carbocycles. The normalized spacial score (nSPS) is 18.0. The number of allylic oxidation sites excluding steroid dienone is 1. The highest BCUT2D eigenvalue weighted by atomic mass is 16.3. The molecule has 3 heterocycles. The quantitative estimate of drug-likeness (QED) is 0.761. The van der Waals surface area contributed by atoms with Gasteiger partial charge in [-0.3, -0.25) is 9.59 Å². The number of rotatable bonds is 4. The Bertz CT molecular complexity index is 1050. The van der Waals surface area contributed by atoms with Crippen molar-refractivity contribution in [1.82, 2.24) is 9.88 Å². The zero-order valence-corrected chi connectivity index (χ0v) is 17.3. The zero-order chi connectivity index (χ0) is 21.3. The number of carbonyl (C=O) groups excluding carboxylic acids is 2. The van der Waals surface area contributed by atoms with Crippen LogP contribution >= 0.6 is 0 Å². The molecule has 0 radical (unpaired) electrons. The van der Waals surface area contributed by atoms with E-state index in [2.05, 4.69) is 22.5 Å². The van der Waals surface area contributed by atoms with Gasteiger partial charge in [0.05, 0.1) is 6.04 Å². The number of furan rings is 1. The van der Waals surface area contributed by atoms with Crippen LogP contribution in [0.5, 0.6) is 0 Å². The topological polar surface area (TPSA) is 101 Å². The fourth-order valence-corrected chi connectivity index (χ4v) is 3.84. The second-order valence-corrected chi connectivity index (χ2v) is 7.85. The smallest absolute Gasteiger partial charge is 0.246 e. The Morgan fingerprint density at radius 1 is 1.43 bits per heavy atom. The van der Waals surface area contributed by atoms with Gasteiger partial charge in [-0.05, 0) is 49.5 Å². The number of pyridine rings is 1. The van der Waals surface area contributed by atoms with Crippen molar-refractivity contribution in [2.45, 2.75) is 45.2 Å². The molecule has 2 aromatic heterocycles. The summed E-state index contributed by atoms with van der Waals surface area (Å²) in [6, 6.07) is 1.41. The van der Waals surface area contributed by atoms with E-state index in [4.69, 9.17) is 10.2 Å². The van der Waals surface area contributed by atoms with Crippen molar-refractivity contribution in [2.75, 3.05) is 12.4 Å². The first kappa shape index (κ1) is 20.1. The molecule has 0 bridgehead atoms. The Morgan fingerprint density at radius 3 is 3.10 bits per heavy atom. The van der Waals surface area contributed by atoms with Gasteiger partial charge >= 0.3 is 0 Å². The van der Waals surface area contributed by atoms with Crippen LogP contribution in [0.3, 0.4) is 0 Å². The summed E-state index contributed by atoms with van der Waals surface area (Å²) in [6.07, 6.45) is 12.3. The lowest BCUT2D eigenvalue weighted by molar-refractivity contribution is -0.125. The molecule has 1 atom stereocenters. The number of aromatic nitrogens is 1. The molecule has 30 heavy (non-hydrogen) atoms. The summed E-state index contributed by atoms with van der Waals surface area (Å²) in [5, 5.41) is 2.75. The average Bonchev–Trinajstić information content (AvgIpc) is 2.98. The molecule has 2 aromatic rings. The molecule has 0 fully saturated rings. The molecular weight excluding hydrogens is 380 g/mol. The lowest BCUT2D eigenvalue weighted by Crippen LogP contribution is -2.34. The Balaban J connectivity index is 1.45. The Hall–Kier alpha value is -3.19. The molecular formula is C23H26N4O3. The molecule has 2 aliphatic rings. The lowest BCUT2D eigenvalue weighted by atomic mass is 10.0. The number of amides is 2. The van der Waals surface area contributed by atoms with Gasteiger partial charge in [0.1, 0.15) is 17.3 Å². The number of likely N-dealkylation sites (N-methyl/N-ethyl adjacent to an activating group) is 1. The number of nitrogens with zero attached hydrogens (tertiary/aromatic N) is 2. The number of hydrogen-bond acceptors (Lipinski definition) is 5. The molecule has 0 spiro atoms. The third kappa shape index (κ3) is 4.07. The number of carbonyl (C=O) groups is 2. The molecule has 1 aliphatic heterocycles. The maximum Gasteiger partial charge on any atom is 0.246 e. The fourth-order valence-electron chi connectivity index (χ4n) is 3.84. The van der Waals surface area contributed by atoms with Gasteiger partial charge in [0.15, 0.2) is 0 Å². The van der Waals surface area contributed by atoms with Crippen LogP contribution in [0.1, 0.15) is 46.6 Å². The van der Waals surface area contributed by atoms with Crippen molar-refractivity contribution < 1.29 is 14.0 Å². The summed E-state index contributed by atoms with van der Waals surface area (Å²) in [7, 11) is 1.78. The van der Waals surface area contributed by atoms with Crippen LogP contribution in [0.2, 0.25) is 0 Å². The fraction of sp³-hybridized carbons (Fsp3) is 0.348. The standard InChI is InChI=1S/C23H26N4O3/c1-14-18(17-5-3-4-6-20(17)30-14)13-27(2)21(28)10-7-15-11-16-8-9-19(24)23(29)26-22(16)25-12-15/h3,5,7,10-12,19H,4,6,8-9,13,24H2,1-2H3,(H,25,26,29)/b10-7+/t19-/m1/s1. The second kappa shape index (κ2) is 8.28. The van der Waals surface area contributed by atoms with Crippen LogP contribution in [-0.2, 0) is 29.0 Å². The van der Waals surface area contributed by atoms with Crippen molar-refractivity contribution in [3.63, 3.8) is 0 Å². The molecule has 0 aromatic carbocycles. The summed E-state index contributed by atoms with van der Waals surface area (Å²) in [6.45, 7) is 2.44. The molecule has 2 amide bonds. The van der Waals surface area contributed by atoms with E-state index < -0.39 is 6.04 Å². The Kier molecular flexibility index (Phi) is 5.55. The number of aryl methyl sites for hydroxylation is 3.